The highest BCUT2D eigenvalue weighted by Gasteiger charge is 2.24. The molecule has 0 aliphatic heterocycles. The summed E-state index contributed by atoms with van der Waals surface area (Å²) in [5.41, 5.74) is 0.898. The third-order valence-electron chi connectivity index (χ3n) is 2.41. The molecule has 4 heteroatoms. The molecule has 1 aromatic carbocycles. The number of nitrogens with zero attached hydrogens (tertiary/aromatic N) is 1. The summed E-state index contributed by atoms with van der Waals surface area (Å²) in [4.78, 5) is 13.0. The molecule has 0 aliphatic rings. The van der Waals surface area contributed by atoms with Crippen molar-refractivity contribution in [1.29, 1.82) is 0 Å². The maximum absolute atomic E-state index is 11.1. The predicted molar refractivity (Wildman–Crippen MR) is 62.8 cm³/mol. The highest BCUT2D eigenvalue weighted by molar-refractivity contribution is 5.78. The molecule has 0 amide bonds. The number of methoxy groups -OCH3 is 1. The SMILES string of the molecule is CCN(c1ccccc1)C(COC)C(=O)O. The van der Waals surface area contributed by atoms with Gasteiger partial charge in [0.2, 0.25) is 0 Å². The van der Waals surface area contributed by atoms with Crippen LogP contribution in [-0.2, 0) is 9.53 Å². The van der Waals surface area contributed by atoms with Gasteiger partial charge in [-0.05, 0) is 19.1 Å². The Bertz CT molecular complexity index is 326. The third-order valence-corrected chi connectivity index (χ3v) is 2.41. The molecule has 1 aromatic rings. The number of para-hydroxylation sites is 1. The molecule has 0 aliphatic carbocycles. The van der Waals surface area contributed by atoms with Crippen LogP contribution in [0.2, 0.25) is 0 Å². The number of hydrogen-bond donors (Lipinski definition) is 1. The molecule has 88 valence electrons. The molecule has 0 heterocycles. The van der Waals surface area contributed by atoms with Crippen molar-refractivity contribution in [1.82, 2.24) is 0 Å². The molecule has 1 rings (SSSR count). The van der Waals surface area contributed by atoms with Crippen molar-refractivity contribution in [3.05, 3.63) is 30.3 Å². The fourth-order valence-electron chi connectivity index (χ4n) is 1.65. The van der Waals surface area contributed by atoms with Crippen molar-refractivity contribution in [2.75, 3.05) is 25.2 Å². The quantitative estimate of drug-likeness (QED) is 0.796. The second-order valence-corrected chi connectivity index (χ2v) is 3.43. The van der Waals surface area contributed by atoms with E-state index in [0.717, 1.165) is 5.69 Å². The first kappa shape index (κ1) is 12.5. The number of carbonyl (C=O) groups is 1. The molecule has 0 radical (unpaired) electrons. The molecule has 0 bridgehead atoms. The van der Waals surface area contributed by atoms with E-state index in [1.54, 1.807) is 0 Å². The summed E-state index contributed by atoms with van der Waals surface area (Å²) in [5, 5.41) is 9.15. The Kier molecular flexibility index (Phi) is 4.79. The van der Waals surface area contributed by atoms with E-state index >= 15 is 0 Å². The summed E-state index contributed by atoms with van der Waals surface area (Å²) in [7, 11) is 1.51. The fraction of sp³-hybridized carbons (Fsp3) is 0.417. The zero-order chi connectivity index (χ0) is 12.0. The van der Waals surface area contributed by atoms with Crippen molar-refractivity contribution in [2.24, 2.45) is 0 Å². The molecule has 0 saturated heterocycles. The number of anilines is 1. The summed E-state index contributed by atoms with van der Waals surface area (Å²) >= 11 is 0. The smallest absolute Gasteiger partial charge is 0.328 e. The molecule has 0 fully saturated rings. The minimum atomic E-state index is -0.868. The van der Waals surface area contributed by atoms with Gasteiger partial charge in [-0.3, -0.25) is 0 Å². The van der Waals surface area contributed by atoms with Gasteiger partial charge in [0.15, 0.2) is 6.04 Å². The van der Waals surface area contributed by atoms with Gasteiger partial charge < -0.3 is 14.7 Å². The van der Waals surface area contributed by atoms with Gasteiger partial charge in [0, 0.05) is 19.3 Å². The van der Waals surface area contributed by atoms with Crippen molar-refractivity contribution < 1.29 is 14.6 Å². The summed E-state index contributed by atoms with van der Waals surface area (Å²) in [6, 6.07) is 8.85. The van der Waals surface area contributed by atoms with Crippen LogP contribution in [0.5, 0.6) is 0 Å². The predicted octanol–water partition coefficient (Wildman–Crippen LogP) is 1.61. The van der Waals surface area contributed by atoms with Crippen molar-refractivity contribution >= 4 is 11.7 Å². The van der Waals surface area contributed by atoms with E-state index in [-0.39, 0.29) is 6.61 Å². The van der Waals surface area contributed by atoms with Crippen LogP contribution in [0, 0.1) is 0 Å². The Morgan fingerprint density at radius 2 is 2.06 bits per heavy atom. The van der Waals surface area contributed by atoms with Crippen LogP contribution in [0.1, 0.15) is 6.92 Å². The standard InChI is InChI=1S/C12H17NO3/c1-3-13(10-7-5-4-6-8-10)11(9-16-2)12(14)15/h4-8,11H,3,9H2,1-2H3,(H,14,15). The third kappa shape index (κ3) is 2.97. The van der Waals surface area contributed by atoms with Crippen molar-refractivity contribution in [3.63, 3.8) is 0 Å². The lowest BCUT2D eigenvalue weighted by Crippen LogP contribution is -2.44. The zero-order valence-electron chi connectivity index (χ0n) is 9.59. The van der Waals surface area contributed by atoms with Crippen LogP contribution in [0.25, 0.3) is 0 Å². The number of aliphatic carboxylic acids is 1. The Balaban J connectivity index is 2.91. The summed E-state index contributed by atoms with van der Waals surface area (Å²) in [6.45, 7) is 2.74. The average molecular weight is 223 g/mol. The van der Waals surface area contributed by atoms with Gasteiger partial charge in [-0.25, -0.2) is 4.79 Å². The Morgan fingerprint density at radius 3 is 2.50 bits per heavy atom. The number of rotatable bonds is 6. The van der Waals surface area contributed by atoms with E-state index in [4.69, 9.17) is 9.84 Å². The van der Waals surface area contributed by atoms with Crippen LogP contribution in [0.15, 0.2) is 30.3 Å². The second-order valence-electron chi connectivity index (χ2n) is 3.43. The first-order chi connectivity index (χ1) is 7.70. The molecular weight excluding hydrogens is 206 g/mol. The maximum atomic E-state index is 11.1. The minimum Gasteiger partial charge on any atom is -0.480 e. The lowest BCUT2D eigenvalue weighted by Gasteiger charge is -2.29. The summed E-state index contributed by atoms with van der Waals surface area (Å²) in [6.07, 6.45) is 0. The fourth-order valence-corrected chi connectivity index (χ4v) is 1.65. The van der Waals surface area contributed by atoms with Gasteiger partial charge in [-0.2, -0.15) is 0 Å². The van der Waals surface area contributed by atoms with Gasteiger partial charge in [0.25, 0.3) is 0 Å². The van der Waals surface area contributed by atoms with Crippen LogP contribution in [-0.4, -0.2) is 37.4 Å². The Labute approximate surface area is 95.5 Å². The highest BCUT2D eigenvalue weighted by Crippen LogP contribution is 2.16. The van der Waals surface area contributed by atoms with Crippen LogP contribution in [0.4, 0.5) is 5.69 Å². The van der Waals surface area contributed by atoms with Crippen molar-refractivity contribution in [2.45, 2.75) is 13.0 Å². The average Bonchev–Trinajstić information content (AvgIpc) is 2.30. The number of carboxylic acids is 1. The molecule has 1 atom stereocenters. The number of ether oxygens (including phenoxy) is 1. The minimum absolute atomic E-state index is 0.179. The molecule has 0 aromatic heterocycles. The van der Waals surface area contributed by atoms with Crippen LogP contribution < -0.4 is 4.90 Å². The van der Waals surface area contributed by atoms with E-state index in [9.17, 15) is 4.79 Å². The molecule has 0 spiro atoms. The first-order valence-corrected chi connectivity index (χ1v) is 5.24. The van der Waals surface area contributed by atoms with Crippen LogP contribution in [0.3, 0.4) is 0 Å². The van der Waals surface area contributed by atoms with Crippen LogP contribution >= 0.6 is 0 Å². The number of likely N-dealkylation sites (N-methyl/N-ethyl adjacent to an activating group) is 1. The number of benzene rings is 1. The molecule has 0 saturated carbocycles. The highest BCUT2D eigenvalue weighted by atomic mass is 16.5. The van der Waals surface area contributed by atoms with Gasteiger partial charge in [0.05, 0.1) is 6.61 Å². The van der Waals surface area contributed by atoms with Gasteiger partial charge in [0.1, 0.15) is 0 Å². The summed E-state index contributed by atoms with van der Waals surface area (Å²) < 4.78 is 4.95. The van der Waals surface area contributed by atoms with Gasteiger partial charge in [-0.1, -0.05) is 18.2 Å². The zero-order valence-corrected chi connectivity index (χ0v) is 9.59. The van der Waals surface area contributed by atoms with E-state index in [1.807, 2.05) is 42.2 Å². The Morgan fingerprint density at radius 1 is 1.44 bits per heavy atom. The van der Waals surface area contributed by atoms with E-state index in [1.165, 1.54) is 7.11 Å². The first-order valence-electron chi connectivity index (χ1n) is 5.24. The van der Waals surface area contributed by atoms with E-state index < -0.39 is 12.0 Å². The molecular formula is C12H17NO3. The molecule has 16 heavy (non-hydrogen) atoms. The van der Waals surface area contributed by atoms with Crippen molar-refractivity contribution in [3.8, 4) is 0 Å². The topological polar surface area (TPSA) is 49.8 Å². The largest absolute Gasteiger partial charge is 0.480 e. The lowest BCUT2D eigenvalue weighted by atomic mass is 10.2. The molecule has 1 unspecified atom stereocenters. The number of hydrogen-bond acceptors (Lipinski definition) is 3. The lowest BCUT2D eigenvalue weighted by molar-refractivity contribution is -0.139. The second kappa shape index (κ2) is 6.12. The molecule has 4 nitrogen and oxygen atoms in total. The molecule has 1 N–H and O–H groups in total. The normalized spacial score (nSPS) is 12.1. The maximum Gasteiger partial charge on any atom is 0.328 e. The summed E-state index contributed by atoms with van der Waals surface area (Å²) in [5.74, 6) is -0.868. The van der Waals surface area contributed by atoms with Gasteiger partial charge >= 0.3 is 5.97 Å². The Hall–Kier alpha value is -1.55. The van der Waals surface area contributed by atoms with E-state index in [0.29, 0.717) is 6.54 Å². The van der Waals surface area contributed by atoms with Gasteiger partial charge in [-0.15, -0.1) is 0 Å². The number of carboxylic acid groups (broad SMARTS) is 1. The van der Waals surface area contributed by atoms with E-state index in [2.05, 4.69) is 0 Å². The monoisotopic (exact) mass is 223 g/mol.